The van der Waals surface area contributed by atoms with Crippen LogP contribution in [0.1, 0.15) is 11.3 Å². The molecule has 0 atom stereocenters. The van der Waals surface area contributed by atoms with Crippen LogP contribution in [0.25, 0.3) is 0 Å². The molecule has 1 heterocycles. The number of aromatic nitrogens is 2. The molecule has 1 N–H and O–H groups in total. The average molecular weight is 354 g/mol. The molecule has 6 heteroatoms. The number of methoxy groups -OCH3 is 1. The van der Waals surface area contributed by atoms with Crippen LogP contribution in [0.4, 0.5) is 0 Å². The Kier molecular flexibility index (Phi) is 5.78. The predicted octanol–water partition coefficient (Wildman–Crippen LogP) is 3.02. The highest BCUT2D eigenvalue weighted by molar-refractivity contribution is 9.10. The Morgan fingerprint density at radius 1 is 1.33 bits per heavy atom. The van der Waals surface area contributed by atoms with E-state index in [0.717, 1.165) is 33.9 Å². The molecule has 0 radical (unpaired) electrons. The minimum atomic E-state index is 0.680. The zero-order valence-corrected chi connectivity index (χ0v) is 14.1. The van der Waals surface area contributed by atoms with E-state index in [1.54, 1.807) is 11.8 Å². The number of hydrogen-bond acceptors (Lipinski definition) is 4. The van der Waals surface area contributed by atoms with E-state index in [1.165, 1.54) is 0 Å². The molecular formula is C15H20BrN3O2. The Balaban J connectivity index is 2.16. The van der Waals surface area contributed by atoms with Crippen LogP contribution in [-0.4, -0.2) is 30.0 Å². The first-order chi connectivity index (χ1) is 10.1. The normalized spacial score (nSPS) is 10.9. The first-order valence-corrected chi connectivity index (χ1v) is 7.57. The van der Waals surface area contributed by atoms with Gasteiger partial charge in [0.25, 0.3) is 0 Å². The zero-order valence-electron chi connectivity index (χ0n) is 12.5. The quantitative estimate of drug-likeness (QED) is 0.777. The molecule has 0 amide bonds. The second-order valence-electron chi connectivity index (χ2n) is 4.69. The summed E-state index contributed by atoms with van der Waals surface area (Å²) in [5, 5.41) is 7.77. The predicted molar refractivity (Wildman–Crippen MR) is 85.7 cm³/mol. The number of ether oxygens (including phenoxy) is 2. The van der Waals surface area contributed by atoms with Crippen molar-refractivity contribution in [3.63, 3.8) is 0 Å². The Bertz CT molecular complexity index is 599. The second kappa shape index (κ2) is 7.59. The number of hydrogen-bond donors (Lipinski definition) is 1. The summed E-state index contributed by atoms with van der Waals surface area (Å²) in [4.78, 5) is 0. The second-order valence-corrected chi connectivity index (χ2v) is 5.55. The van der Waals surface area contributed by atoms with Gasteiger partial charge in [-0.25, -0.2) is 4.68 Å². The minimum absolute atomic E-state index is 0.680. The summed E-state index contributed by atoms with van der Waals surface area (Å²) in [5.41, 5.74) is 2.02. The van der Waals surface area contributed by atoms with E-state index in [4.69, 9.17) is 9.47 Å². The number of nitrogens with one attached hydrogen (secondary N) is 1. The summed E-state index contributed by atoms with van der Waals surface area (Å²) in [5.74, 6) is 1.53. The summed E-state index contributed by atoms with van der Waals surface area (Å²) in [7, 11) is 3.58. The minimum Gasteiger partial charge on any atom is -0.438 e. The van der Waals surface area contributed by atoms with Crippen LogP contribution in [0.15, 0.2) is 28.7 Å². The first kappa shape index (κ1) is 16.0. The molecule has 1 aromatic heterocycles. The largest absolute Gasteiger partial charge is 0.438 e. The van der Waals surface area contributed by atoms with Gasteiger partial charge in [-0.05, 0) is 35.0 Å². The van der Waals surface area contributed by atoms with Gasteiger partial charge >= 0.3 is 0 Å². The number of halogens is 1. The number of para-hydroxylation sites is 1. The van der Waals surface area contributed by atoms with Crippen LogP contribution in [0.3, 0.4) is 0 Å². The highest BCUT2D eigenvalue weighted by Gasteiger charge is 2.16. The van der Waals surface area contributed by atoms with Crippen molar-refractivity contribution < 1.29 is 9.47 Å². The van der Waals surface area contributed by atoms with Crippen molar-refractivity contribution in [2.45, 2.75) is 13.5 Å². The highest BCUT2D eigenvalue weighted by atomic mass is 79.9. The molecule has 0 aliphatic heterocycles. The summed E-state index contributed by atoms with van der Waals surface area (Å²) < 4.78 is 13.8. The Hall–Kier alpha value is -1.37. The van der Waals surface area contributed by atoms with Crippen molar-refractivity contribution in [3.05, 3.63) is 40.0 Å². The Labute approximate surface area is 133 Å². The molecule has 0 spiro atoms. The average Bonchev–Trinajstić information content (AvgIpc) is 2.72. The molecule has 114 valence electrons. The zero-order chi connectivity index (χ0) is 15.2. The van der Waals surface area contributed by atoms with Gasteiger partial charge < -0.3 is 14.8 Å². The molecule has 21 heavy (non-hydrogen) atoms. The highest BCUT2D eigenvalue weighted by Crippen LogP contribution is 2.32. The molecule has 0 aliphatic rings. The lowest BCUT2D eigenvalue weighted by molar-refractivity contribution is 0.199. The molecule has 5 nitrogen and oxygen atoms in total. The lowest BCUT2D eigenvalue weighted by Gasteiger charge is -2.11. The third-order valence-electron chi connectivity index (χ3n) is 3.12. The monoisotopic (exact) mass is 353 g/mol. The van der Waals surface area contributed by atoms with Gasteiger partial charge in [0.15, 0.2) is 0 Å². The Morgan fingerprint density at radius 3 is 2.81 bits per heavy atom. The lowest BCUT2D eigenvalue weighted by atomic mass is 10.2. The molecule has 0 saturated heterocycles. The molecule has 2 aromatic rings. The summed E-state index contributed by atoms with van der Waals surface area (Å²) >= 11 is 3.50. The number of aryl methyl sites for hydroxylation is 2. The fourth-order valence-corrected chi connectivity index (χ4v) is 2.40. The van der Waals surface area contributed by atoms with Gasteiger partial charge in [-0.3, -0.25) is 0 Å². The Morgan fingerprint density at radius 2 is 2.10 bits per heavy atom. The molecule has 0 unspecified atom stereocenters. The molecule has 0 aliphatic carbocycles. The van der Waals surface area contributed by atoms with Crippen LogP contribution in [0, 0.1) is 6.92 Å². The van der Waals surface area contributed by atoms with Crippen molar-refractivity contribution in [2.24, 2.45) is 7.05 Å². The van der Waals surface area contributed by atoms with Crippen molar-refractivity contribution in [1.82, 2.24) is 15.1 Å². The van der Waals surface area contributed by atoms with Crippen molar-refractivity contribution in [1.29, 1.82) is 0 Å². The van der Waals surface area contributed by atoms with E-state index < -0.39 is 0 Å². The van der Waals surface area contributed by atoms with Crippen molar-refractivity contribution >= 4 is 15.9 Å². The number of benzene rings is 1. The maximum Gasteiger partial charge on any atom is 0.222 e. The van der Waals surface area contributed by atoms with Gasteiger partial charge in [-0.2, -0.15) is 5.10 Å². The molecule has 1 aromatic carbocycles. The van der Waals surface area contributed by atoms with Gasteiger partial charge in [-0.1, -0.05) is 12.1 Å². The van der Waals surface area contributed by atoms with Gasteiger partial charge in [0, 0.05) is 27.2 Å². The van der Waals surface area contributed by atoms with E-state index in [2.05, 4.69) is 26.3 Å². The van der Waals surface area contributed by atoms with Gasteiger partial charge in [0.2, 0.25) is 5.88 Å². The molecule has 0 saturated carbocycles. The topological polar surface area (TPSA) is 48.3 Å². The van der Waals surface area contributed by atoms with Gasteiger partial charge in [-0.15, -0.1) is 0 Å². The van der Waals surface area contributed by atoms with Gasteiger partial charge in [0.05, 0.1) is 22.3 Å². The first-order valence-electron chi connectivity index (χ1n) is 6.78. The van der Waals surface area contributed by atoms with Crippen LogP contribution >= 0.6 is 15.9 Å². The van der Waals surface area contributed by atoms with Crippen LogP contribution in [-0.2, 0) is 18.3 Å². The van der Waals surface area contributed by atoms with Crippen LogP contribution < -0.4 is 10.1 Å². The van der Waals surface area contributed by atoms with E-state index >= 15 is 0 Å². The SMILES string of the molecule is COCCNCc1c(C)nn(C)c1Oc1ccccc1Br. The van der Waals surface area contributed by atoms with Crippen LogP contribution in [0.5, 0.6) is 11.6 Å². The fourth-order valence-electron chi connectivity index (χ4n) is 2.03. The third kappa shape index (κ3) is 4.06. The van der Waals surface area contributed by atoms with Gasteiger partial charge in [0.1, 0.15) is 5.75 Å². The standard InChI is InChI=1S/C15H20BrN3O2/c1-11-12(10-17-8-9-20-3)15(19(2)18-11)21-14-7-5-4-6-13(14)16/h4-7,17H,8-10H2,1-3H3. The summed E-state index contributed by atoms with van der Waals surface area (Å²) in [6.07, 6.45) is 0. The van der Waals surface area contributed by atoms with Crippen molar-refractivity contribution in [2.75, 3.05) is 20.3 Å². The van der Waals surface area contributed by atoms with Crippen molar-refractivity contribution in [3.8, 4) is 11.6 Å². The third-order valence-corrected chi connectivity index (χ3v) is 3.77. The molecule has 2 rings (SSSR count). The maximum absolute atomic E-state index is 6.03. The number of rotatable bonds is 7. The fraction of sp³-hybridized carbons (Fsp3) is 0.400. The maximum atomic E-state index is 6.03. The lowest BCUT2D eigenvalue weighted by Crippen LogP contribution is -2.19. The molecule has 0 fully saturated rings. The summed E-state index contributed by atoms with van der Waals surface area (Å²) in [6.45, 7) is 4.15. The van der Waals surface area contributed by atoms with E-state index in [0.29, 0.717) is 13.2 Å². The summed E-state index contributed by atoms with van der Waals surface area (Å²) in [6, 6.07) is 7.78. The van der Waals surface area contributed by atoms with E-state index in [1.807, 2.05) is 38.2 Å². The molecule has 0 bridgehead atoms. The number of nitrogens with zero attached hydrogens (tertiary/aromatic N) is 2. The molecular weight excluding hydrogens is 334 g/mol. The van der Waals surface area contributed by atoms with E-state index in [-0.39, 0.29) is 0 Å². The van der Waals surface area contributed by atoms with E-state index in [9.17, 15) is 0 Å². The smallest absolute Gasteiger partial charge is 0.222 e. The van der Waals surface area contributed by atoms with Crippen LogP contribution in [0.2, 0.25) is 0 Å².